The lowest BCUT2D eigenvalue weighted by Crippen LogP contribution is -2.29. The van der Waals surface area contributed by atoms with Crippen LogP contribution in [-0.2, 0) is 18.4 Å². The van der Waals surface area contributed by atoms with E-state index in [-0.39, 0.29) is 0 Å². The highest BCUT2D eigenvalue weighted by atomic mass is 16.2. The number of amides is 1. The van der Waals surface area contributed by atoms with E-state index in [0.29, 0.717) is 30.2 Å². The Hall–Kier alpha value is -1.32. The number of hydrogen-bond donors (Lipinski definition) is 0. The highest BCUT2D eigenvalue weighted by Gasteiger charge is 2.55. The van der Waals surface area contributed by atoms with Gasteiger partial charge in [0.05, 0.1) is 5.69 Å². The highest BCUT2D eigenvalue weighted by Crippen LogP contribution is 2.56. The summed E-state index contributed by atoms with van der Waals surface area (Å²) in [7, 11) is 3.90. The minimum absolute atomic E-state index is 0.319. The maximum Gasteiger partial charge on any atom is 0.226 e. The number of carbonyl (C=O) groups excluding carboxylic acids is 1. The van der Waals surface area contributed by atoms with Crippen molar-refractivity contribution >= 4 is 5.91 Å². The third kappa shape index (κ3) is 2.15. The van der Waals surface area contributed by atoms with E-state index in [9.17, 15) is 4.79 Å². The second kappa shape index (κ2) is 4.90. The van der Waals surface area contributed by atoms with Gasteiger partial charge in [-0.25, -0.2) is 0 Å². The minimum Gasteiger partial charge on any atom is -0.341 e. The average Bonchev–Trinajstić information content (AvgIpc) is 3.11. The first-order valence-corrected chi connectivity index (χ1v) is 7.74. The van der Waals surface area contributed by atoms with Crippen LogP contribution in [0, 0.1) is 31.6 Å². The number of aromatic nitrogens is 2. The fourth-order valence-corrected chi connectivity index (χ4v) is 3.97. The summed E-state index contributed by atoms with van der Waals surface area (Å²) in [6, 6.07) is 0. The molecule has 0 N–H and O–H groups in total. The zero-order valence-electron chi connectivity index (χ0n) is 13.0. The predicted molar refractivity (Wildman–Crippen MR) is 78.1 cm³/mol. The molecule has 2 fully saturated rings. The lowest BCUT2D eigenvalue weighted by Gasteiger charge is -2.18. The van der Waals surface area contributed by atoms with Gasteiger partial charge in [-0.2, -0.15) is 5.10 Å². The molecular weight excluding hydrogens is 250 g/mol. The average molecular weight is 275 g/mol. The number of carbonyl (C=O) groups is 1. The highest BCUT2D eigenvalue weighted by molar-refractivity contribution is 5.82. The Kier molecular flexibility index (Phi) is 3.35. The summed E-state index contributed by atoms with van der Waals surface area (Å²) in [5.74, 6) is 2.05. The summed E-state index contributed by atoms with van der Waals surface area (Å²) >= 11 is 0. The van der Waals surface area contributed by atoms with Gasteiger partial charge in [-0.15, -0.1) is 0 Å². The van der Waals surface area contributed by atoms with Crippen LogP contribution < -0.4 is 0 Å². The third-order valence-corrected chi connectivity index (χ3v) is 5.37. The Morgan fingerprint density at radius 1 is 1.30 bits per heavy atom. The summed E-state index contributed by atoms with van der Waals surface area (Å²) < 4.78 is 1.90. The SMILES string of the molecule is Cc1nn(C)c(C)c1CN(C)C(=O)C1[C@@H]2CCCC[C@@H]12. The smallest absolute Gasteiger partial charge is 0.226 e. The van der Waals surface area contributed by atoms with Gasteiger partial charge in [-0.1, -0.05) is 12.8 Å². The molecule has 20 heavy (non-hydrogen) atoms. The molecular formula is C16H25N3O. The largest absolute Gasteiger partial charge is 0.341 e. The van der Waals surface area contributed by atoms with Crippen molar-refractivity contribution in [3.05, 3.63) is 17.0 Å². The summed E-state index contributed by atoms with van der Waals surface area (Å²) in [5, 5.41) is 4.43. The van der Waals surface area contributed by atoms with Crippen molar-refractivity contribution in [2.45, 2.75) is 46.1 Å². The number of nitrogens with zero attached hydrogens (tertiary/aromatic N) is 3. The van der Waals surface area contributed by atoms with Crippen molar-refractivity contribution in [3.63, 3.8) is 0 Å². The van der Waals surface area contributed by atoms with Crippen molar-refractivity contribution in [2.75, 3.05) is 7.05 Å². The molecule has 4 nitrogen and oxygen atoms in total. The Morgan fingerprint density at radius 3 is 2.40 bits per heavy atom. The summed E-state index contributed by atoms with van der Waals surface area (Å²) in [4.78, 5) is 14.5. The van der Waals surface area contributed by atoms with E-state index in [4.69, 9.17) is 0 Å². The molecule has 0 bridgehead atoms. The van der Waals surface area contributed by atoms with Gasteiger partial charge in [0.2, 0.25) is 5.91 Å². The molecule has 0 spiro atoms. The normalized spacial score (nSPS) is 28.1. The molecule has 1 heterocycles. The molecule has 1 aromatic heterocycles. The van der Waals surface area contributed by atoms with Gasteiger partial charge >= 0.3 is 0 Å². The molecule has 110 valence electrons. The van der Waals surface area contributed by atoms with Crippen LogP contribution in [0.2, 0.25) is 0 Å². The Bertz CT molecular complexity index is 522. The maximum atomic E-state index is 12.6. The van der Waals surface area contributed by atoms with Gasteiger partial charge in [0.15, 0.2) is 0 Å². The molecule has 3 rings (SSSR count). The molecule has 0 unspecified atom stereocenters. The van der Waals surface area contributed by atoms with Crippen LogP contribution in [0.5, 0.6) is 0 Å². The minimum atomic E-state index is 0.319. The van der Waals surface area contributed by atoms with Crippen LogP contribution in [-0.4, -0.2) is 27.6 Å². The molecule has 0 saturated heterocycles. The molecule has 1 aromatic rings. The number of aryl methyl sites for hydroxylation is 2. The van der Waals surface area contributed by atoms with Crippen LogP contribution in [0.3, 0.4) is 0 Å². The van der Waals surface area contributed by atoms with Crippen LogP contribution >= 0.6 is 0 Å². The van der Waals surface area contributed by atoms with Crippen molar-refractivity contribution in [1.82, 2.24) is 14.7 Å². The van der Waals surface area contributed by atoms with E-state index in [1.165, 1.54) is 31.2 Å². The molecule has 0 radical (unpaired) electrons. The van der Waals surface area contributed by atoms with Crippen LogP contribution in [0.15, 0.2) is 0 Å². The van der Waals surface area contributed by atoms with E-state index in [2.05, 4.69) is 12.0 Å². The van der Waals surface area contributed by atoms with Crippen molar-refractivity contribution in [1.29, 1.82) is 0 Å². The predicted octanol–water partition coefficient (Wildman–Crippen LogP) is 2.43. The number of hydrogen-bond acceptors (Lipinski definition) is 2. The monoisotopic (exact) mass is 275 g/mol. The zero-order chi connectivity index (χ0) is 14.4. The Morgan fingerprint density at radius 2 is 1.90 bits per heavy atom. The van der Waals surface area contributed by atoms with Crippen molar-refractivity contribution in [2.24, 2.45) is 24.8 Å². The lowest BCUT2D eigenvalue weighted by atomic mass is 10.0. The second-order valence-corrected chi connectivity index (χ2v) is 6.61. The molecule has 1 amide bonds. The van der Waals surface area contributed by atoms with E-state index in [1.54, 1.807) is 0 Å². The summed E-state index contributed by atoms with van der Waals surface area (Å²) in [6.45, 7) is 4.79. The number of fused-ring (bicyclic) bond motifs is 1. The van der Waals surface area contributed by atoms with Gasteiger partial charge in [-0.3, -0.25) is 9.48 Å². The fourth-order valence-electron chi connectivity index (χ4n) is 3.97. The molecule has 2 aliphatic rings. The molecule has 4 heteroatoms. The molecule has 0 aromatic carbocycles. The third-order valence-electron chi connectivity index (χ3n) is 5.37. The van der Waals surface area contributed by atoms with E-state index in [0.717, 1.165) is 11.4 Å². The van der Waals surface area contributed by atoms with Gasteiger partial charge in [0.1, 0.15) is 0 Å². The summed E-state index contributed by atoms with van der Waals surface area (Å²) in [6.07, 6.45) is 5.16. The van der Waals surface area contributed by atoms with Gasteiger partial charge < -0.3 is 4.90 Å². The molecule has 2 atom stereocenters. The lowest BCUT2D eigenvalue weighted by molar-refractivity contribution is -0.132. The molecule has 0 aliphatic heterocycles. The van der Waals surface area contributed by atoms with Crippen molar-refractivity contribution in [3.8, 4) is 0 Å². The first-order chi connectivity index (χ1) is 9.50. The van der Waals surface area contributed by atoms with Gasteiger partial charge in [0.25, 0.3) is 0 Å². The van der Waals surface area contributed by atoms with Crippen LogP contribution in [0.4, 0.5) is 0 Å². The number of rotatable bonds is 3. The van der Waals surface area contributed by atoms with Crippen molar-refractivity contribution < 1.29 is 4.79 Å². The van der Waals surface area contributed by atoms with E-state index < -0.39 is 0 Å². The first kappa shape index (κ1) is 13.7. The fraction of sp³-hybridized carbons (Fsp3) is 0.750. The maximum absolute atomic E-state index is 12.6. The van der Waals surface area contributed by atoms with Crippen LogP contribution in [0.25, 0.3) is 0 Å². The first-order valence-electron chi connectivity index (χ1n) is 7.74. The second-order valence-electron chi connectivity index (χ2n) is 6.61. The topological polar surface area (TPSA) is 38.1 Å². The quantitative estimate of drug-likeness (QED) is 0.849. The Labute approximate surface area is 121 Å². The molecule has 2 aliphatic carbocycles. The van der Waals surface area contributed by atoms with E-state index in [1.807, 2.05) is 30.6 Å². The Balaban J connectivity index is 1.67. The molecule has 2 saturated carbocycles. The van der Waals surface area contributed by atoms with Gasteiger partial charge in [-0.05, 0) is 38.5 Å². The van der Waals surface area contributed by atoms with Gasteiger partial charge in [0, 0.05) is 37.8 Å². The summed E-state index contributed by atoms with van der Waals surface area (Å²) in [5.41, 5.74) is 3.40. The standard InChI is InChI=1S/C16H25N3O/c1-10-14(11(2)19(4)17-10)9-18(3)16(20)15-12-7-5-6-8-13(12)15/h12-13,15H,5-9H2,1-4H3/t12-,13-/m1/s1. The zero-order valence-corrected chi connectivity index (χ0v) is 13.0. The van der Waals surface area contributed by atoms with Crippen LogP contribution in [0.1, 0.15) is 42.6 Å². The van der Waals surface area contributed by atoms with E-state index >= 15 is 0 Å².